The number of aryl methyl sites for hydroxylation is 1. The fourth-order valence-corrected chi connectivity index (χ4v) is 3.21. The van der Waals surface area contributed by atoms with E-state index < -0.39 is 15.6 Å². The Morgan fingerprint density at radius 3 is 2.41 bits per heavy atom. The number of hydrogen-bond donors (Lipinski definition) is 0. The molecule has 0 N–H and O–H groups in total. The molecule has 0 saturated carbocycles. The van der Waals surface area contributed by atoms with Gasteiger partial charge in [0.1, 0.15) is 5.15 Å². The summed E-state index contributed by atoms with van der Waals surface area (Å²) in [4.78, 5) is 3.86. The molecule has 0 radical (unpaired) electrons. The minimum absolute atomic E-state index is 0.0920. The summed E-state index contributed by atoms with van der Waals surface area (Å²) in [6.45, 7) is 5.66. The number of rotatable bonds is 4. The van der Waals surface area contributed by atoms with Gasteiger partial charge in [-0.05, 0) is 20.3 Å². The summed E-state index contributed by atoms with van der Waals surface area (Å²) in [5, 5.41) is 0.0365. The van der Waals surface area contributed by atoms with Gasteiger partial charge in [0.25, 0.3) is 10.0 Å². The number of imidazole rings is 1. The van der Waals surface area contributed by atoms with Crippen molar-refractivity contribution < 1.29 is 8.42 Å². The van der Waals surface area contributed by atoms with Gasteiger partial charge in [0.15, 0.2) is 0 Å². The van der Waals surface area contributed by atoms with E-state index in [0.717, 1.165) is 0 Å². The van der Waals surface area contributed by atoms with Crippen molar-refractivity contribution in [3.63, 3.8) is 0 Å². The first-order valence-electron chi connectivity index (χ1n) is 5.30. The number of hydrogen-bond acceptors (Lipinski definition) is 3. The summed E-state index contributed by atoms with van der Waals surface area (Å²) >= 11 is 5.93. The van der Waals surface area contributed by atoms with Gasteiger partial charge in [-0.15, -0.1) is 0 Å². The van der Waals surface area contributed by atoms with E-state index in [0.29, 0.717) is 6.42 Å². The zero-order valence-corrected chi connectivity index (χ0v) is 12.3. The molecule has 0 amide bonds. The summed E-state index contributed by atoms with van der Waals surface area (Å²) in [6.07, 6.45) is 2.09. The average molecular weight is 280 g/mol. The topological polar surface area (TPSA) is 55.2 Å². The lowest BCUT2D eigenvalue weighted by Gasteiger charge is -2.33. The van der Waals surface area contributed by atoms with Gasteiger partial charge in [0.2, 0.25) is 5.03 Å². The molecule has 0 aliphatic carbocycles. The van der Waals surface area contributed by atoms with E-state index >= 15 is 0 Å². The van der Waals surface area contributed by atoms with Crippen molar-refractivity contribution in [3.8, 4) is 0 Å². The minimum Gasteiger partial charge on any atom is -0.324 e. The summed E-state index contributed by atoms with van der Waals surface area (Å²) in [5.41, 5.74) is -0.473. The van der Waals surface area contributed by atoms with Crippen LogP contribution in [0.5, 0.6) is 0 Å². The third kappa shape index (κ3) is 2.48. The van der Waals surface area contributed by atoms with E-state index in [2.05, 4.69) is 4.98 Å². The van der Waals surface area contributed by atoms with Crippen LogP contribution in [-0.2, 0) is 17.1 Å². The van der Waals surface area contributed by atoms with Crippen LogP contribution in [0.15, 0.2) is 11.4 Å². The quantitative estimate of drug-likeness (QED) is 0.846. The molecule has 1 rings (SSSR count). The molecule has 7 heteroatoms. The lowest BCUT2D eigenvalue weighted by Crippen LogP contribution is -2.44. The Morgan fingerprint density at radius 1 is 1.53 bits per heavy atom. The van der Waals surface area contributed by atoms with Crippen molar-refractivity contribution in [2.75, 3.05) is 7.05 Å². The molecule has 0 aromatic carbocycles. The van der Waals surface area contributed by atoms with Gasteiger partial charge in [-0.25, -0.2) is 13.4 Å². The first-order chi connectivity index (χ1) is 7.64. The normalized spacial score (nSPS) is 13.4. The third-order valence-corrected chi connectivity index (χ3v) is 5.72. The average Bonchev–Trinajstić information content (AvgIpc) is 2.59. The maximum Gasteiger partial charge on any atom is 0.263 e. The molecule has 0 saturated heterocycles. The lowest BCUT2D eigenvalue weighted by atomic mass is 10.0. The molecule has 0 atom stereocenters. The van der Waals surface area contributed by atoms with Crippen LogP contribution in [0.2, 0.25) is 5.15 Å². The van der Waals surface area contributed by atoms with Gasteiger partial charge < -0.3 is 4.57 Å². The first kappa shape index (κ1) is 14.5. The number of nitrogens with zero attached hydrogens (tertiary/aromatic N) is 3. The van der Waals surface area contributed by atoms with Gasteiger partial charge >= 0.3 is 0 Å². The number of aromatic nitrogens is 2. The Balaban J connectivity index is 3.26. The molecule has 1 heterocycles. The van der Waals surface area contributed by atoms with Crippen LogP contribution in [0.4, 0.5) is 0 Å². The monoisotopic (exact) mass is 279 g/mol. The van der Waals surface area contributed by atoms with Crippen molar-refractivity contribution in [1.29, 1.82) is 0 Å². The molecule has 1 aromatic heterocycles. The molecule has 98 valence electrons. The van der Waals surface area contributed by atoms with Crippen LogP contribution in [0, 0.1) is 0 Å². The first-order valence-corrected chi connectivity index (χ1v) is 7.12. The van der Waals surface area contributed by atoms with Crippen molar-refractivity contribution in [3.05, 3.63) is 11.5 Å². The maximum absolute atomic E-state index is 12.3. The fraction of sp³-hybridized carbons (Fsp3) is 0.700. The molecule has 0 aliphatic rings. The minimum atomic E-state index is -3.65. The van der Waals surface area contributed by atoms with E-state index in [1.807, 2.05) is 20.8 Å². The highest BCUT2D eigenvalue weighted by atomic mass is 35.5. The Hall–Kier alpha value is -0.590. The number of sulfonamides is 1. The second-order valence-corrected chi connectivity index (χ2v) is 6.83. The van der Waals surface area contributed by atoms with E-state index in [1.54, 1.807) is 14.1 Å². The number of halogens is 1. The van der Waals surface area contributed by atoms with E-state index in [1.165, 1.54) is 15.2 Å². The Morgan fingerprint density at radius 2 is 2.06 bits per heavy atom. The van der Waals surface area contributed by atoms with Crippen LogP contribution in [-0.4, -0.2) is 34.9 Å². The largest absolute Gasteiger partial charge is 0.324 e. The Bertz CT molecular complexity index is 508. The second-order valence-electron chi connectivity index (χ2n) is 4.59. The van der Waals surface area contributed by atoms with E-state index in [-0.39, 0.29) is 10.2 Å². The Kier molecular flexibility index (Phi) is 3.91. The standard InChI is InChI=1S/C10H18ClN3O2S/c1-6-10(2,3)14(5)17(15,16)9-8(11)13(4)7-12-9/h7H,6H2,1-5H3. The highest BCUT2D eigenvalue weighted by Gasteiger charge is 2.35. The second kappa shape index (κ2) is 4.59. The molecule has 1 aromatic rings. The van der Waals surface area contributed by atoms with Crippen LogP contribution >= 0.6 is 11.6 Å². The highest BCUT2D eigenvalue weighted by molar-refractivity contribution is 7.89. The van der Waals surface area contributed by atoms with Gasteiger partial charge in [0, 0.05) is 19.6 Å². The predicted molar refractivity (Wildman–Crippen MR) is 67.5 cm³/mol. The lowest BCUT2D eigenvalue weighted by molar-refractivity contribution is 0.256. The van der Waals surface area contributed by atoms with Crippen molar-refractivity contribution in [2.24, 2.45) is 7.05 Å². The SMILES string of the molecule is CCC(C)(C)N(C)S(=O)(=O)c1ncn(C)c1Cl. The molecule has 0 aliphatic heterocycles. The van der Waals surface area contributed by atoms with Crippen LogP contribution in [0.25, 0.3) is 0 Å². The Labute approximate surface area is 107 Å². The molecule has 0 spiro atoms. The van der Waals surface area contributed by atoms with Crippen molar-refractivity contribution in [1.82, 2.24) is 13.9 Å². The molecular formula is C10H18ClN3O2S. The van der Waals surface area contributed by atoms with Gasteiger partial charge in [-0.1, -0.05) is 18.5 Å². The molecule has 0 unspecified atom stereocenters. The van der Waals surface area contributed by atoms with Crippen molar-refractivity contribution in [2.45, 2.75) is 37.8 Å². The van der Waals surface area contributed by atoms with Crippen LogP contribution < -0.4 is 0 Å². The summed E-state index contributed by atoms with van der Waals surface area (Å²) < 4.78 is 27.5. The van der Waals surface area contributed by atoms with Crippen molar-refractivity contribution >= 4 is 21.6 Å². The zero-order chi connectivity index (χ0) is 13.4. The maximum atomic E-state index is 12.3. The van der Waals surface area contributed by atoms with Crippen LogP contribution in [0.3, 0.4) is 0 Å². The van der Waals surface area contributed by atoms with Gasteiger partial charge in [-0.2, -0.15) is 4.31 Å². The van der Waals surface area contributed by atoms with Gasteiger partial charge in [-0.3, -0.25) is 0 Å². The molecule has 0 bridgehead atoms. The molecule has 5 nitrogen and oxygen atoms in total. The molecule has 17 heavy (non-hydrogen) atoms. The summed E-state index contributed by atoms with van der Waals surface area (Å²) in [6, 6.07) is 0. The summed E-state index contributed by atoms with van der Waals surface area (Å²) in [5.74, 6) is 0. The van der Waals surface area contributed by atoms with Gasteiger partial charge in [0.05, 0.1) is 6.33 Å². The zero-order valence-electron chi connectivity index (χ0n) is 10.7. The van der Waals surface area contributed by atoms with E-state index in [9.17, 15) is 8.42 Å². The highest BCUT2D eigenvalue weighted by Crippen LogP contribution is 2.27. The fourth-order valence-electron chi connectivity index (χ4n) is 1.24. The third-order valence-electron chi connectivity index (χ3n) is 3.16. The molecule has 0 fully saturated rings. The molecular weight excluding hydrogens is 262 g/mol. The smallest absolute Gasteiger partial charge is 0.263 e. The van der Waals surface area contributed by atoms with E-state index in [4.69, 9.17) is 11.6 Å². The summed E-state index contributed by atoms with van der Waals surface area (Å²) in [7, 11) is -0.452. The van der Waals surface area contributed by atoms with Crippen LogP contribution in [0.1, 0.15) is 27.2 Å². The predicted octanol–water partition coefficient (Wildman–Crippen LogP) is 1.88.